The second-order valence-electron chi connectivity index (χ2n) is 4.91. The maximum absolute atomic E-state index is 12.5. The molecule has 0 unspecified atom stereocenters. The lowest BCUT2D eigenvalue weighted by molar-refractivity contribution is -0.137. The van der Waals surface area contributed by atoms with Crippen molar-refractivity contribution in [2.24, 2.45) is 0 Å². The number of hydrogen-bond acceptors (Lipinski definition) is 3. The molecule has 3 rings (SSSR count). The third-order valence-electron chi connectivity index (χ3n) is 3.32. The first-order valence-electron chi connectivity index (χ1n) is 6.76. The van der Waals surface area contributed by atoms with Gasteiger partial charge in [-0.15, -0.1) is 0 Å². The monoisotopic (exact) mass is 337 g/mol. The normalized spacial score (nSPS) is 11.7. The van der Waals surface area contributed by atoms with Crippen molar-refractivity contribution in [1.82, 2.24) is 9.97 Å². The topological polar surface area (TPSA) is 37.8 Å². The van der Waals surface area contributed by atoms with Crippen LogP contribution < -0.4 is 5.32 Å². The van der Waals surface area contributed by atoms with Crippen molar-refractivity contribution in [3.63, 3.8) is 0 Å². The van der Waals surface area contributed by atoms with Gasteiger partial charge in [-0.05, 0) is 41.4 Å². The molecule has 1 aromatic heterocycles. The van der Waals surface area contributed by atoms with Gasteiger partial charge in [-0.25, -0.2) is 9.97 Å². The zero-order valence-electron chi connectivity index (χ0n) is 11.7. The number of nitrogens with one attached hydrogen (secondary N) is 1. The highest BCUT2D eigenvalue weighted by Crippen LogP contribution is 2.29. The molecule has 0 spiro atoms. The van der Waals surface area contributed by atoms with E-state index >= 15 is 0 Å². The molecule has 0 radical (unpaired) electrons. The number of fused-ring (bicyclic) bond motifs is 1. The number of rotatable bonds is 3. The highest BCUT2D eigenvalue weighted by atomic mass is 35.5. The number of nitrogens with zero attached hydrogens (tertiary/aromatic N) is 2. The fourth-order valence-corrected chi connectivity index (χ4v) is 2.36. The first-order chi connectivity index (χ1) is 10.9. The Bertz CT molecular complexity index is 832. The van der Waals surface area contributed by atoms with E-state index in [1.165, 1.54) is 12.1 Å². The minimum Gasteiger partial charge on any atom is -0.365 e. The fraction of sp³-hybridized carbons (Fsp3) is 0.125. The second-order valence-corrected chi connectivity index (χ2v) is 5.24. The molecule has 0 aliphatic heterocycles. The van der Waals surface area contributed by atoms with Gasteiger partial charge in [0.05, 0.1) is 11.1 Å². The number of hydrogen-bond donors (Lipinski definition) is 1. The van der Waals surface area contributed by atoms with E-state index in [0.29, 0.717) is 23.4 Å². The van der Waals surface area contributed by atoms with E-state index in [4.69, 9.17) is 11.6 Å². The Labute approximate surface area is 135 Å². The maximum atomic E-state index is 12.5. The van der Waals surface area contributed by atoms with Crippen molar-refractivity contribution >= 4 is 28.3 Å². The van der Waals surface area contributed by atoms with Crippen molar-refractivity contribution in [3.8, 4) is 0 Å². The Balaban J connectivity index is 1.81. The van der Waals surface area contributed by atoms with Crippen LogP contribution in [0.4, 0.5) is 19.0 Å². The average molecular weight is 338 g/mol. The largest absolute Gasteiger partial charge is 0.416 e. The highest BCUT2D eigenvalue weighted by Gasteiger charge is 2.29. The van der Waals surface area contributed by atoms with E-state index in [2.05, 4.69) is 15.3 Å². The minimum absolute atomic E-state index is 0.110. The fourth-order valence-electron chi connectivity index (χ4n) is 2.18. The quantitative estimate of drug-likeness (QED) is 0.690. The summed E-state index contributed by atoms with van der Waals surface area (Å²) in [7, 11) is 0. The standard InChI is InChI=1S/C16H11ClF3N3/c17-15-22-13-4-2-1-3-12(13)14(23-15)21-9-10-5-7-11(8-6-10)16(18,19)20/h1-8H,9H2,(H,21,22,23). The van der Waals surface area contributed by atoms with Gasteiger partial charge in [-0.1, -0.05) is 24.3 Å². The molecule has 0 atom stereocenters. The maximum Gasteiger partial charge on any atom is 0.416 e. The number of halogens is 4. The van der Waals surface area contributed by atoms with Crippen LogP contribution in [-0.4, -0.2) is 9.97 Å². The summed E-state index contributed by atoms with van der Waals surface area (Å²) >= 11 is 5.89. The molecule has 3 aromatic rings. The third kappa shape index (κ3) is 3.53. The van der Waals surface area contributed by atoms with Crippen LogP contribution in [-0.2, 0) is 12.7 Å². The SMILES string of the molecule is FC(F)(F)c1ccc(CNc2nc(Cl)nc3ccccc23)cc1. The Morgan fingerprint density at radius 1 is 0.957 bits per heavy atom. The third-order valence-corrected chi connectivity index (χ3v) is 3.49. The van der Waals surface area contributed by atoms with Crippen LogP contribution in [0.5, 0.6) is 0 Å². The molecule has 0 saturated carbocycles. The van der Waals surface area contributed by atoms with Crippen LogP contribution in [0.25, 0.3) is 10.9 Å². The van der Waals surface area contributed by atoms with Gasteiger partial charge in [0.1, 0.15) is 5.82 Å². The molecule has 7 heteroatoms. The van der Waals surface area contributed by atoms with Crippen LogP contribution in [0, 0.1) is 0 Å². The van der Waals surface area contributed by atoms with Crippen LogP contribution in [0.15, 0.2) is 48.5 Å². The van der Waals surface area contributed by atoms with Gasteiger partial charge < -0.3 is 5.32 Å². The zero-order valence-corrected chi connectivity index (χ0v) is 12.5. The lowest BCUT2D eigenvalue weighted by atomic mass is 10.1. The summed E-state index contributed by atoms with van der Waals surface area (Å²) in [5.41, 5.74) is 0.732. The van der Waals surface area contributed by atoms with Crippen molar-refractivity contribution in [2.75, 3.05) is 5.32 Å². The molecule has 1 heterocycles. The minimum atomic E-state index is -4.33. The first kappa shape index (κ1) is 15.6. The molecule has 0 amide bonds. The molecule has 23 heavy (non-hydrogen) atoms. The van der Waals surface area contributed by atoms with Gasteiger partial charge in [-0.2, -0.15) is 13.2 Å². The smallest absolute Gasteiger partial charge is 0.365 e. The highest BCUT2D eigenvalue weighted by molar-refractivity contribution is 6.28. The van der Waals surface area contributed by atoms with E-state index in [0.717, 1.165) is 17.5 Å². The predicted molar refractivity (Wildman–Crippen MR) is 83.3 cm³/mol. The summed E-state index contributed by atoms with van der Waals surface area (Å²) in [6, 6.07) is 12.3. The zero-order chi connectivity index (χ0) is 16.4. The Hall–Kier alpha value is -2.34. The Kier molecular flexibility index (Phi) is 4.09. The summed E-state index contributed by atoms with van der Waals surface area (Å²) in [4.78, 5) is 8.26. The van der Waals surface area contributed by atoms with Gasteiger partial charge in [0.2, 0.25) is 5.28 Å². The summed E-state index contributed by atoms with van der Waals surface area (Å²) in [6.45, 7) is 0.329. The molecule has 0 aliphatic carbocycles. The van der Waals surface area contributed by atoms with Crippen LogP contribution >= 0.6 is 11.6 Å². The van der Waals surface area contributed by atoms with Crippen LogP contribution in [0.1, 0.15) is 11.1 Å². The van der Waals surface area contributed by atoms with E-state index in [1.54, 1.807) is 0 Å². The van der Waals surface area contributed by atoms with Crippen molar-refractivity contribution < 1.29 is 13.2 Å². The number of para-hydroxylation sites is 1. The molecule has 118 valence electrons. The summed E-state index contributed by atoms with van der Waals surface area (Å²) < 4.78 is 37.6. The van der Waals surface area contributed by atoms with Crippen molar-refractivity contribution in [3.05, 3.63) is 64.9 Å². The van der Waals surface area contributed by atoms with E-state index < -0.39 is 11.7 Å². The molecular weight excluding hydrogens is 327 g/mol. The molecule has 3 nitrogen and oxygen atoms in total. The van der Waals surface area contributed by atoms with Gasteiger partial charge in [0, 0.05) is 11.9 Å². The Morgan fingerprint density at radius 2 is 1.65 bits per heavy atom. The van der Waals surface area contributed by atoms with Gasteiger partial charge in [-0.3, -0.25) is 0 Å². The van der Waals surface area contributed by atoms with Crippen LogP contribution in [0.3, 0.4) is 0 Å². The van der Waals surface area contributed by atoms with Gasteiger partial charge in [0.25, 0.3) is 0 Å². The molecular formula is C16H11ClF3N3. The summed E-state index contributed by atoms with van der Waals surface area (Å²) in [5, 5.41) is 3.99. The van der Waals surface area contributed by atoms with Crippen molar-refractivity contribution in [1.29, 1.82) is 0 Å². The average Bonchev–Trinajstić information content (AvgIpc) is 2.52. The summed E-state index contributed by atoms with van der Waals surface area (Å²) in [5.74, 6) is 0.542. The van der Waals surface area contributed by atoms with E-state index in [1.807, 2.05) is 24.3 Å². The van der Waals surface area contributed by atoms with E-state index in [-0.39, 0.29) is 5.28 Å². The second kappa shape index (κ2) is 6.04. The number of benzene rings is 2. The predicted octanol–water partition coefficient (Wildman–Crippen LogP) is 4.91. The van der Waals surface area contributed by atoms with Crippen LogP contribution in [0.2, 0.25) is 5.28 Å². The molecule has 0 aliphatic rings. The first-order valence-corrected chi connectivity index (χ1v) is 7.13. The van der Waals surface area contributed by atoms with E-state index in [9.17, 15) is 13.2 Å². The molecule has 0 saturated heterocycles. The van der Waals surface area contributed by atoms with Crippen molar-refractivity contribution in [2.45, 2.75) is 12.7 Å². The number of anilines is 1. The molecule has 1 N–H and O–H groups in total. The lowest BCUT2D eigenvalue weighted by Crippen LogP contribution is -2.06. The molecule has 2 aromatic carbocycles. The number of aromatic nitrogens is 2. The Morgan fingerprint density at radius 3 is 2.35 bits per heavy atom. The number of alkyl halides is 3. The van der Waals surface area contributed by atoms with Gasteiger partial charge >= 0.3 is 6.18 Å². The summed E-state index contributed by atoms with van der Waals surface area (Å²) in [6.07, 6.45) is -4.33. The molecule has 0 bridgehead atoms. The lowest BCUT2D eigenvalue weighted by Gasteiger charge is -2.10. The van der Waals surface area contributed by atoms with Gasteiger partial charge in [0.15, 0.2) is 0 Å². The molecule has 0 fully saturated rings.